The molecule has 1 heteroatoms. The lowest BCUT2D eigenvalue weighted by molar-refractivity contribution is -0.142. The Morgan fingerprint density at radius 2 is 1.79 bits per heavy atom. The van der Waals surface area contributed by atoms with Crippen LogP contribution in [-0.4, -0.2) is 5.78 Å². The van der Waals surface area contributed by atoms with E-state index < -0.39 is 0 Å². The number of rotatable bonds is 2. The van der Waals surface area contributed by atoms with Gasteiger partial charge >= 0.3 is 0 Å². The molecule has 3 fully saturated rings. The van der Waals surface area contributed by atoms with E-state index in [0.717, 1.165) is 42.4 Å². The fraction of sp³-hybridized carbons (Fsp3) is 0.944. The van der Waals surface area contributed by atoms with Crippen molar-refractivity contribution in [1.29, 1.82) is 0 Å². The van der Waals surface area contributed by atoms with Gasteiger partial charge in [0.25, 0.3) is 0 Å². The van der Waals surface area contributed by atoms with Gasteiger partial charge in [-0.1, -0.05) is 20.8 Å². The van der Waals surface area contributed by atoms with Crippen molar-refractivity contribution in [3.05, 3.63) is 0 Å². The molecule has 3 saturated carbocycles. The number of hydrogen-bond acceptors (Lipinski definition) is 1. The molecule has 0 aromatic heterocycles. The molecule has 3 atom stereocenters. The monoisotopic (exact) mass is 262 g/mol. The lowest BCUT2D eigenvalue weighted by atomic mass is 9.44. The van der Waals surface area contributed by atoms with Crippen LogP contribution >= 0.6 is 0 Å². The summed E-state index contributed by atoms with van der Waals surface area (Å²) < 4.78 is 0. The molecule has 0 spiro atoms. The maximum absolute atomic E-state index is 11.6. The van der Waals surface area contributed by atoms with Crippen LogP contribution in [0.2, 0.25) is 0 Å². The highest BCUT2D eigenvalue weighted by Gasteiger charge is 2.55. The zero-order valence-corrected chi connectivity index (χ0v) is 13.0. The lowest BCUT2D eigenvalue weighted by Gasteiger charge is -2.60. The fourth-order valence-corrected chi connectivity index (χ4v) is 5.64. The Morgan fingerprint density at radius 3 is 2.37 bits per heavy atom. The van der Waals surface area contributed by atoms with E-state index in [0.29, 0.717) is 11.2 Å². The van der Waals surface area contributed by atoms with Crippen molar-refractivity contribution in [3.63, 3.8) is 0 Å². The average Bonchev–Trinajstić information content (AvgIpc) is 2.37. The molecule has 3 aliphatic rings. The minimum atomic E-state index is 0.534. The standard InChI is InChI=1S/C18H30O/c1-12(2)13-4-6-15(7-5-13)18(3)11-14-10-16(19)8-9-17(14)18/h12-15,17H,4-11H2,1-3H3. The molecule has 3 aliphatic carbocycles. The summed E-state index contributed by atoms with van der Waals surface area (Å²) in [6.45, 7) is 7.32. The minimum Gasteiger partial charge on any atom is -0.300 e. The average molecular weight is 262 g/mol. The zero-order chi connectivity index (χ0) is 13.6. The van der Waals surface area contributed by atoms with Crippen molar-refractivity contribution < 1.29 is 4.79 Å². The van der Waals surface area contributed by atoms with Gasteiger partial charge in [-0.15, -0.1) is 0 Å². The molecule has 0 aromatic rings. The molecular formula is C18H30O. The van der Waals surface area contributed by atoms with E-state index in [-0.39, 0.29) is 0 Å². The molecule has 0 bridgehead atoms. The number of ketones is 1. The van der Waals surface area contributed by atoms with Gasteiger partial charge in [-0.3, -0.25) is 4.79 Å². The van der Waals surface area contributed by atoms with Crippen LogP contribution in [0.25, 0.3) is 0 Å². The maximum atomic E-state index is 11.6. The molecular weight excluding hydrogens is 232 g/mol. The molecule has 108 valence electrons. The lowest BCUT2D eigenvalue weighted by Crippen LogP contribution is -2.53. The predicted octanol–water partition coefficient (Wildman–Crippen LogP) is 4.84. The van der Waals surface area contributed by atoms with Crippen molar-refractivity contribution in [2.45, 2.75) is 72.1 Å². The van der Waals surface area contributed by atoms with Crippen LogP contribution in [0.15, 0.2) is 0 Å². The Bertz CT molecular complexity index is 351. The third-order valence-electron chi connectivity index (χ3n) is 6.99. The highest BCUT2D eigenvalue weighted by Crippen LogP contribution is 2.63. The van der Waals surface area contributed by atoms with Gasteiger partial charge in [0.15, 0.2) is 0 Å². The number of Topliss-reactive ketones (excluding diaryl/α,β-unsaturated/α-hetero) is 1. The van der Waals surface area contributed by atoms with E-state index in [1.807, 2.05) is 0 Å². The van der Waals surface area contributed by atoms with Crippen LogP contribution in [0.3, 0.4) is 0 Å². The van der Waals surface area contributed by atoms with Gasteiger partial charge in [0.05, 0.1) is 0 Å². The van der Waals surface area contributed by atoms with E-state index >= 15 is 0 Å². The van der Waals surface area contributed by atoms with Crippen LogP contribution in [0, 0.1) is 35.0 Å². The first-order valence-corrected chi connectivity index (χ1v) is 8.52. The molecule has 3 unspecified atom stereocenters. The normalized spacial score (nSPS) is 46.8. The summed E-state index contributed by atoms with van der Waals surface area (Å²) in [4.78, 5) is 11.6. The molecule has 19 heavy (non-hydrogen) atoms. The topological polar surface area (TPSA) is 17.1 Å². The Balaban J connectivity index is 1.60. The first kappa shape index (κ1) is 13.6. The van der Waals surface area contributed by atoms with E-state index in [4.69, 9.17) is 0 Å². The van der Waals surface area contributed by atoms with Crippen LogP contribution in [0.5, 0.6) is 0 Å². The van der Waals surface area contributed by atoms with Crippen molar-refractivity contribution >= 4 is 5.78 Å². The van der Waals surface area contributed by atoms with Crippen LogP contribution in [0.4, 0.5) is 0 Å². The Morgan fingerprint density at radius 1 is 1.11 bits per heavy atom. The van der Waals surface area contributed by atoms with Gasteiger partial charge in [0.2, 0.25) is 0 Å². The summed E-state index contributed by atoms with van der Waals surface area (Å²) >= 11 is 0. The zero-order valence-electron chi connectivity index (χ0n) is 13.0. The van der Waals surface area contributed by atoms with Gasteiger partial charge < -0.3 is 0 Å². The number of hydrogen-bond donors (Lipinski definition) is 0. The summed E-state index contributed by atoms with van der Waals surface area (Å²) in [7, 11) is 0. The van der Waals surface area contributed by atoms with Crippen LogP contribution in [0.1, 0.15) is 72.1 Å². The van der Waals surface area contributed by atoms with Crippen molar-refractivity contribution in [2.75, 3.05) is 0 Å². The smallest absolute Gasteiger partial charge is 0.133 e. The van der Waals surface area contributed by atoms with Gasteiger partial charge in [-0.05, 0) is 73.5 Å². The summed E-state index contributed by atoms with van der Waals surface area (Å²) in [6, 6.07) is 0. The maximum Gasteiger partial charge on any atom is 0.133 e. The first-order chi connectivity index (χ1) is 9.00. The minimum absolute atomic E-state index is 0.534. The summed E-state index contributed by atoms with van der Waals surface area (Å²) in [5.74, 6) is 4.97. The van der Waals surface area contributed by atoms with Crippen molar-refractivity contribution in [2.24, 2.45) is 35.0 Å². The molecule has 0 aliphatic heterocycles. The summed E-state index contributed by atoms with van der Waals surface area (Å²) in [6.07, 6.45) is 10.1. The largest absolute Gasteiger partial charge is 0.300 e. The van der Waals surface area contributed by atoms with Gasteiger partial charge in [-0.2, -0.15) is 0 Å². The summed E-state index contributed by atoms with van der Waals surface area (Å²) in [5, 5.41) is 0. The third-order valence-corrected chi connectivity index (χ3v) is 6.99. The molecule has 1 nitrogen and oxygen atoms in total. The molecule has 0 radical (unpaired) electrons. The highest BCUT2D eigenvalue weighted by atomic mass is 16.1. The van der Waals surface area contributed by atoms with Crippen molar-refractivity contribution in [1.82, 2.24) is 0 Å². The Hall–Kier alpha value is -0.330. The number of carbonyl (C=O) groups is 1. The van der Waals surface area contributed by atoms with Crippen LogP contribution in [-0.2, 0) is 4.79 Å². The fourth-order valence-electron chi connectivity index (χ4n) is 5.64. The Labute approximate surface area is 118 Å². The first-order valence-electron chi connectivity index (χ1n) is 8.52. The molecule has 0 amide bonds. The van der Waals surface area contributed by atoms with Crippen molar-refractivity contribution in [3.8, 4) is 0 Å². The molecule has 0 N–H and O–H groups in total. The number of carbonyl (C=O) groups excluding carboxylic acids is 1. The number of fused-ring (bicyclic) bond motifs is 1. The predicted molar refractivity (Wildman–Crippen MR) is 78.8 cm³/mol. The van der Waals surface area contributed by atoms with E-state index in [9.17, 15) is 4.79 Å². The highest BCUT2D eigenvalue weighted by molar-refractivity contribution is 5.79. The molecule has 0 heterocycles. The second-order valence-corrected chi connectivity index (χ2v) is 8.21. The van der Waals surface area contributed by atoms with E-state index in [1.165, 1.54) is 38.5 Å². The SMILES string of the molecule is CC(C)C1CCC(C2(C)CC3CC(=O)CCC32)CC1. The quantitative estimate of drug-likeness (QED) is 0.695. The van der Waals surface area contributed by atoms with E-state index in [2.05, 4.69) is 20.8 Å². The van der Waals surface area contributed by atoms with Crippen LogP contribution < -0.4 is 0 Å². The second-order valence-electron chi connectivity index (χ2n) is 8.21. The van der Waals surface area contributed by atoms with Gasteiger partial charge in [0, 0.05) is 12.8 Å². The summed E-state index contributed by atoms with van der Waals surface area (Å²) in [5.41, 5.74) is 0.591. The van der Waals surface area contributed by atoms with Gasteiger partial charge in [0.1, 0.15) is 5.78 Å². The third kappa shape index (κ3) is 2.28. The Kier molecular flexibility index (Phi) is 3.52. The molecule has 0 aromatic carbocycles. The second kappa shape index (κ2) is 4.90. The van der Waals surface area contributed by atoms with Gasteiger partial charge in [-0.25, -0.2) is 0 Å². The van der Waals surface area contributed by atoms with E-state index in [1.54, 1.807) is 0 Å². The molecule has 0 saturated heterocycles. The molecule has 3 rings (SSSR count).